The van der Waals surface area contributed by atoms with Gasteiger partial charge in [0.25, 0.3) is 0 Å². The first-order valence-electron chi connectivity index (χ1n) is 8.47. The summed E-state index contributed by atoms with van der Waals surface area (Å²) in [5.41, 5.74) is -0.348. The van der Waals surface area contributed by atoms with Gasteiger partial charge in [0.05, 0.1) is 6.61 Å². The maximum absolute atomic E-state index is 12.1. The zero-order chi connectivity index (χ0) is 17.5. The van der Waals surface area contributed by atoms with Crippen molar-refractivity contribution >= 4 is 5.97 Å². The second kappa shape index (κ2) is 8.37. The summed E-state index contributed by atoms with van der Waals surface area (Å²) < 4.78 is 11.2. The van der Waals surface area contributed by atoms with Crippen molar-refractivity contribution in [2.24, 2.45) is 11.3 Å². The summed E-state index contributed by atoms with van der Waals surface area (Å²) in [5, 5.41) is 0. The Balaban J connectivity index is 2.44. The molecule has 1 aromatic carbocycles. The Morgan fingerprint density at radius 2 is 1.65 bits per heavy atom. The second-order valence-electron chi connectivity index (χ2n) is 8.16. The fraction of sp³-hybridized carbons (Fsp3) is 0.650. The molecule has 0 heterocycles. The second-order valence-corrected chi connectivity index (χ2v) is 8.16. The van der Waals surface area contributed by atoms with Gasteiger partial charge in [-0.05, 0) is 57.1 Å². The number of rotatable bonds is 7. The van der Waals surface area contributed by atoms with Gasteiger partial charge in [0.1, 0.15) is 11.4 Å². The third-order valence-electron chi connectivity index (χ3n) is 3.77. The van der Waals surface area contributed by atoms with Crippen LogP contribution in [0.2, 0.25) is 0 Å². The lowest BCUT2D eigenvalue weighted by molar-refractivity contribution is -0.157. The molecule has 3 nitrogen and oxygen atoms in total. The van der Waals surface area contributed by atoms with E-state index in [1.54, 1.807) is 0 Å². The van der Waals surface area contributed by atoms with E-state index in [-0.39, 0.29) is 17.3 Å². The van der Waals surface area contributed by atoms with Crippen LogP contribution in [-0.4, -0.2) is 18.2 Å². The Morgan fingerprint density at radius 3 is 2.17 bits per heavy atom. The molecule has 1 unspecified atom stereocenters. The lowest BCUT2D eigenvalue weighted by Gasteiger charge is -2.31. The van der Waals surface area contributed by atoms with E-state index in [0.717, 1.165) is 18.6 Å². The Hall–Kier alpha value is -1.51. The van der Waals surface area contributed by atoms with Crippen LogP contribution in [0.25, 0.3) is 0 Å². The van der Waals surface area contributed by atoms with Crippen molar-refractivity contribution < 1.29 is 14.3 Å². The SMILES string of the molecule is CC(C)(C)OC(=O)CC(CCCOc1ccccc1)C(C)(C)C. The number of esters is 1. The largest absolute Gasteiger partial charge is 0.494 e. The Bertz CT molecular complexity index is 466. The molecule has 1 aromatic rings. The smallest absolute Gasteiger partial charge is 0.306 e. The molecule has 130 valence electrons. The summed E-state index contributed by atoms with van der Waals surface area (Å²) in [5.74, 6) is 1.07. The molecule has 0 saturated heterocycles. The lowest BCUT2D eigenvalue weighted by atomic mass is 9.76. The Kier molecular flexibility index (Phi) is 7.11. The standard InChI is InChI=1S/C20H32O3/c1-19(2,3)16(15-18(21)23-20(4,5)6)11-10-14-22-17-12-8-7-9-13-17/h7-9,12-13,16H,10-11,14-15H2,1-6H3. The van der Waals surface area contributed by atoms with E-state index < -0.39 is 5.60 Å². The number of hydrogen-bond acceptors (Lipinski definition) is 3. The van der Waals surface area contributed by atoms with Crippen molar-refractivity contribution in [3.05, 3.63) is 30.3 Å². The lowest BCUT2D eigenvalue weighted by Crippen LogP contribution is -2.29. The number of benzene rings is 1. The van der Waals surface area contributed by atoms with E-state index in [2.05, 4.69) is 20.8 Å². The van der Waals surface area contributed by atoms with Gasteiger partial charge in [-0.3, -0.25) is 4.79 Å². The summed E-state index contributed by atoms with van der Waals surface area (Å²) in [7, 11) is 0. The maximum atomic E-state index is 12.1. The van der Waals surface area contributed by atoms with E-state index in [4.69, 9.17) is 9.47 Å². The molecule has 0 saturated carbocycles. The van der Waals surface area contributed by atoms with E-state index in [1.165, 1.54) is 0 Å². The fourth-order valence-corrected chi connectivity index (χ4v) is 2.46. The van der Waals surface area contributed by atoms with Gasteiger partial charge < -0.3 is 9.47 Å². The third-order valence-corrected chi connectivity index (χ3v) is 3.77. The highest BCUT2D eigenvalue weighted by Crippen LogP contribution is 2.33. The fourth-order valence-electron chi connectivity index (χ4n) is 2.46. The van der Waals surface area contributed by atoms with Gasteiger partial charge in [-0.2, -0.15) is 0 Å². The van der Waals surface area contributed by atoms with Gasteiger partial charge in [-0.15, -0.1) is 0 Å². The minimum Gasteiger partial charge on any atom is -0.494 e. The number of carbonyl (C=O) groups excluding carboxylic acids is 1. The van der Waals surface area contributed by atoms with Crippen LogP contribution >= 0.6 is 0 Å². The zero-order valence-corrected chi connectivity index (χ0v) is 15.5. The average molecular weight is 320 g/mol. The first kappa shape index (κ1) is 19.5. The quantitative estimate of drug-likeness (QED) is 0.509. The topological polar surface area (TPSA) is 35.5 Å². The molecule has 0 aliphatic heterocycles. The minimum atomic E-state index is -0.421. The van der Waals surface area contributed by atoms with Crippen LogP contribution in [0, 0.1) is 11.3 Å². The van der Waals surface area contributed by atoms with Gasteiger partial charge >= 0.3 is 5.97 Å². The molecule has 0 aliphatic rings. The molecular weight excluding hydrogens is 288 g/mol. The summed E-state index contributed by atoms with van der Waals surface area (Å²) in [6.07, 6.45) is 2.35. The van der Waals surface area contributed by atoms with Crippen molar-refractivity contribution in [1.29, 1.82) is 0 Å². The molecule has 0 aliphatic carbocycles. The van der Waals surface area contributed by atoms with Crippen molar-refractivity contribution in [3.8, 4) is 5.75 Å². The first-order valence-corrected chi connectivity index (χ1v) is 8.47. The van der Waals surface area contributed by atoms with Crippen molar-refractivity contribution in [1.82, 2.24) is 0 Å². The van der Waals surface area contributed by atoms with E-state index in [1.807, 2.05) is 51.1 Å². The molecule has 23 heavy (non-hydrogen) atoms. The maximum Gasteiger partial charge on any atom is 0.306 e. The van der Waals surface area contributed by atoms with Crippen LogP contribution in [0.15, 0.2) is 30.3 Å². The number of ether oxygens (including phenoxy) is 2. The molecular formula is C20H32O3. The Labute approximate surface area is 141 Å². The predicted octanol–water partition coefficient (Wildman–Crippen LogP) is 5.24. The Morgan fingerprint density at radius 1 is 1.04 bits per heavy atom. The van der Waals surface area contributed by atoms with Crippen LogP contribution in [0.3, 0.4) is 0 Å². The highest BCUT2D eigenvalue weighted by Gasteiger charge is 2.28. The van der Waals surface area contributed by atoms with Gasteiger partial charge in [-0.1, -0.05) is 39.0 Å². The zero-order valence-electron chi connectivity index (χ0n) is 15.5. The third kappa shape index (κ3) is 8.63. The molecule has 3 heteroatoms. The average Bonchev–Trinajstić information content (AvgIpc) is 2.40. The van der Waals surface area contributed by atoms with Crippen LogP contribution in [-0.2, 0) is 9.53 Å². The van der Waals surface area contributed by atoms with Crippen molar-refractivity contribution in [2.75, 3.05) is 6.61 Å². The normalized spacial score (nSPS) is 13.5. The molecule has 0 amide bonds. The first-order chi connectivity index (χ1) is 10.6. The van der Waals surface area contributed by atoms with Crippen molar-refractivity contribution in [2.45, 2.75) is 66.4 Å². The molecule has 0 radical (unpaired) electrons. The van der Waals surface area contributed by atoms with Crippen molar-refractivity contribution in [3.63, 3.8) is 0 Å². The van der Waals surface area contributed by atoms with E-state index in [9.17, 15) is 4.79 Å². The highest BCUT2D eigenvalue weighted by molar-refractivity contribution is 5.70. The van der Waals surface area contributed by atoms with Crippen LogP contribution in [0.4, 0.5) is 0 Å². The monoisotopic (exact) mass is 320 g/mol. The van der Waals surface area contributed by atoms with Gasteiger partial charge in [0.2, 0.25) is 0 Å². The molecule has 1 atom stereocenters. The van der Waals surface area contributed by atoms with Gasteiger partial charge in [-0.25, -0.2) is 0 Å². The summed E-state index contributed by atoms with van der Waals surface area (Å²) in [4.78, 5) is 12.1. The van der Waals surface area contributed by atoms with E-state index >= 15 is 0 Å². The summed E-state index contributed by atoms with van der Waals surface area (Å²) in [6, 6.07) is 9.83. The van der Waals surface area contributed by atoms with Gasteiger partial charge in [0.15, 0.2) is 0 Å². The molecule has 1 rings (SSSR count). The van der Waals surface area contributed by atoms with Crippen LogP contribution in [0.5, 0.6) is 5.75 Å². The minimum absolute atomic E-state index is 0.0731. The summed E-state index contributed by atoms with van der Waals surface area (Å²) >= 11 is 0. The molecule has 0 aromatic heterocycles. The molecule has 0 fully saturated rings. The number of hydrogen-bond donors (Lipinski definition) is 0. The molecule has 0 N–H and O–H groups in total. The highest BCUT2D eigenvalue weighted by atomic mass is 16.6. The van der Waals surface area contributed by atoms with Gasteiger partial charge in [0, 0.05) is 6.42 Å². The van der Waals surface area contributed by atoms with Crippen LogP contribution < -0.4 is 4.74 Å². The molecule has 0 spiro atoms. The molecule has 0 bridgehead atoms. The number of para-hydroxylation sites is 1. The predicted molar refractivity (Wildman–Crippen MR) is 94.6 cm³/mol. The summed E-state index contributed by atoms with van der Waals surface area (Å²) in [6.45, 7) is 12.9. The number of carbonyl (C=O) groups is 1. The van der Waals surface area contributed by atoms with E-state index in [0.29, 0.717) is 13.0 Å². The van der Waals surface area contributed by atoms with Crippen LogP contribution in [0.1, 0.15) is 60.8 Å².